The van der Waals surface area contributed by atoms with Crippen molar-refractivity contribution in [2.24, 2.45) is 0 Å². The van der Waals surface area contributed by atoms with E-state index in [1.807, 2.05) is 0 Å². The van der Waals surface area contributed by atoms with Gasteiger partial charge in [0.15, 0.2) is 0 Å². The molecule has 0 rings (SSSR count). The minimum absolute atomic E-state index is 0.250. The fourth-order valence-electron chi connectivity index (χ4n) is 0.271. The van der Waals surface area contributed by atoms with Crippen molar-refractivity contribution in [1.29, 1.82) is 0 Å². The summed E-state index contributed by atoms with van der Waals surface area (Å²) in [5.41, 5.74) is 0. The highest BCUT2D eigenvalue weighted by Gasteiger charge is 2.03. The first kappa shape index (κ1) is 13.7. The van der Waals surface area contributed by atoms with Crippen molar-refractivity contribution in [3.8, 4) is 0 Å². The summed E-state index contributed by atoms with van der Waals surface area (Å²) in [4.78, 5) is 20.7. The molecule has 0 amide bonds. The minimum atomic E-state index is -0.457. The van der Waals surface area contributed by atoms with Crippen LogP contribution in [0.2, 0.25) is 0 Å². The molecule has 1 N–H and O–H groups in total. The lowest BCUT2D eigenvalue weighted by Gasteiger charge is -1.95. The molecule has 0 spiro atoms. The van der Waals surface area contributed by atoms with E-state index >= 15 is 0 Å². The van der Waals surface area contributed by atoms with E-state index in [4.69, 9.17) is 5.11 Å². The monoisotopic (exact) mass is 176 g/mol. The van der Waals surface area contributed by atoms with Crippen molar-refractivity contribution < 1.29 is 19.4 Å². The summed E-state index contributed by atoms with van der Waals surface area (Å²) in [6.07, 6.45) is 0.511. The molecule has 0 saturated carbocycles. The molecular weight excluding hydrogens is 160 g/mol. The lowest BCUT2D eigenvalue weighted by Crippen LogP contribution is -2.09. The van der Waals surface area contributed by atoms with Gasteiger partial charge < -0.3 is 9.84 Å². The second kappa shape index (κ2) is 10.1. The molecule has 12 heavy (non-hydrogen) atoms. The van der Waals surface area contributed by atoms with E-state index in [9.17, 15) is 9.59 Å². The van der Waals surface area contributed by atoms with Gasteiger partial charge in [0.25, 0.3) is 0 Å². The van der Waals surface area contributed by atoms with Crippen molar-refractivity contribution >= 4 is 11.9 Å². The zero-order valence-electron chi connectivity index (χ0n) is 7.79. The van der Waals surface area contributed by atoms with Crippen LogP contribution in [0.3, 0.4) is 0 Å². The summed E-state index contributed by atoms with van der Waals surface area (Å²) in [6.45, 7) is 5.22. The van der Waals surface area contributed by atoms with Crippen LogP contribution in [0.4, 0.5) is 0 Å². The zero-order valence-corrected chi connectivity index (χ0v) is 7.79. The van der Waals surface area contributed by atoms with Gasteiger partial charge in [-0.25, -0.2) is 0 Å². The zero-order chi connectivity index (χ0) is 9.98. The van der Waals surface area contributed by atoms with Crippen LogP contribution in [-0.2, 0) is 14.3 Å². The highest BCUT2D eigenvalue weighted by Crippen LogP contribution is 1.88. The van der Waals surface area contributed by atoms with Gasteiger partial charge in [0.2, 0.25) is 0 Å². The molecule has 4 nitrogen and oxygen atoms in total. The highest BCUT2D eigenvalue weighted by atomic mass is 16.6. The maximum Gasteiger partial charge on any atom is 0.313 e. The van der Waals surface area contributed by atoms with Crippen LogP contribution in [0.5, 0.6) is 0 Å². The lowest BCUT2D eigenvalue weighted by molar-refractivity contribution is -0.159. The Morgan fingerprint density at radius 3 is 1.50 bits per heavy atom. The molecule has 0 aromatic heterocycles. The van der Waals surface area contributed by atoms with Gasteiger partial charge in [0, 0.05) is 19.4 Å². The van der Waals surface area contributed by atoms with Gasteiger partial charge >= 0.3 is 11.9 Å². The first-order valence-electron chi connectivity index (χ1n) is 3.96. The van der Waals surface area contributed by atoms with Crippen LogP contribution in [0.1, 0.15) is 33.6 Å². The normalized spacial score (nSPS) is 8.00. The maximum atomic E-state index is 10.3. The van der Waals surface area contributed by atoms with Gasteiger partial charge in [-0.1, -0.05) is 13.8 Å². The Balaban J connectivity index is 0. The summed E-state index contributed by atoms with van der Waals surface area (Å²) in [6, 6.07) is 0. The highest BCUT2D eigenvalue weighted by molar-refractivity contribution is 5.84. The van der Waals surface area contributed by atoms with Gasteiger partial charge in [-0.15, -0.1) is 0 Å². The van der Waals surface area contributed by atoms with Gasteiger partial charge in [0.05, 0.1) is 0 Å². The molecule has 0 saturated heterocycles. The van der Waals surface area contributed by atoms with E-state index in [-0.39, 0.29) is 19.4 Å². The number of rotatable bonds is 2. The Morgan fingerprint density at radius 2 is 1.33 bits per heavy atom. The van der Waals surface area contributed by atoms with Crippen molar-refractivity contribution in [2.75, 3.05) is 6.61 Å². The molecule has 4 heteroatoms. The van der Waals surface area contributed by atoms with Gasteiger partial charge in [0.1, 0.15) is 0 Å². The topological polar surface area (TPSA) is 63.6 Å². The van der Waals surface area contributed by atoms with E-state index in [1.165, 1.54) is 0 Å². The van der Waals surface area contributed by atoms with Crippen LogP contribution in [0.25, 0.3) is 0 Å². The fourth-order valence-corrected chi connectivity index (χ4v) is 0.271. The summed E-state index contributed by atoms with van der Waals surface area (Å²) in [5.74, 6) is -0.913. The van der Waals surface area contributed by atoms with Crippen molar-refractivity contribution in [3.63, 3.8) is 0 Å². The fraction of sp³-hybridized carbons (Fsp3) is 0.750. The quantitative estimate of drug-likeness (QED) is 0.501. The SMILES string of the molecule is CCC(=O)OC(=O)CC.CCO. The van der Waals surface area contributed by atoms with Crippen LogP contribution in [0, 0.1) is 0 Å². The first-order chi connectivity index (χ1) is 5.62. The summed E-state index contributed by atoms with van der Waals surface area (Å²) >= 11 is 0. The van der Waals surface area contributed by atoms with E-state index in [1.54, 1.807) is 20.8 Å². The van der Waals surface area contributed by atoms with Crippen molar-refractivity contribution in [3.05, 3.63) is 0 Å². The molecule has 0 aromatic rings. The summed E-state index contributed by atoms with van der Waals surface area (Å²) < 4.78 is 4.27. The molecular formula is C8H16O4. The number of hydrogen-bond donors (Lipinski definition) is 1. The predicted molar refractivity (Wildman–Crippen MR) is 44.4 cm³/mol. The van der Waals surface area contributed by atoms with Gasteiger partial charge in [-0.05, 0) is 6.92 Å². The van der Waals surface area contributed by atoms with E-state index < -0.39 is 11.9 Å². The molecule has 0 aromatic carbocycles. The van der Waals surface area contributed by atoms with Crippen molar-refractivity contribution in [2.45, 2.75) is 33.6 Å². The molecule has 0 aliphatic carbocycles. The third kappa shape index (κ3) is 11.8. The minimum Gasteiger partial charge on any atom is -0.397 e. The van der Waals surface area contributed by atoms with Gasteiger partial charge in [-0.2, -0.15) is 0 Å². The molecule has 72 valence electrons. The Bertz CT molecular complexity index is 117. The number of esters is 2. The summed E-state index contributed by atoms with van der Waals surface area (Å²) in [5, 5.41) is 7.57. The Labute approximate surface area is 72.5 Å². The second-order valence-electron chi connectivity index (χ2n) is 1.87. The average molecular weight is 176 g/mol. The predicted octanol–water partition coefficient (Wildman–Crippen LogP) is 0.875. The average Bonchev–Trinajstić information content (AvgIpc) is 2.05. The smallest absolute Gasteiger partial charge is 0.313 e. The maximum absolute atomic E-state index is 10.3. The Morgan fingerprint density at radius 1 is 1.08 bits per heavy atom. The van der Waals surface area contributed by atoms with Crippen LogP contribution < -0.4 is 0 Å². The molecule has 0 fully saturated rings. The third-order valence-corrected chi connectivity index (χ3v) is 0.805. The standard InChI is InChI=1S/C6H10O3.C2H6O/c1-3-5(7)9-6(8)4-2;1-2-3/h3-4H2,1-2H3;3H,2H2,1H3. The van der Waals surface area contributed by atoms with E-state index in [0.29, 0.717) is 0 Å². The molecule has 0 aliphatic rings. The van der Waals surface area contributed by atoms with E-state index in [2.05, 4.69) is 4.74 Å². The van der Waals surface area contributed by atoms with Gasteiger partial charge in [-0.3, -0.25) is 9.59 Å². The summed E-state index contributed by atoms with van der Waals surface area (Å²) in [7, 11) is 0. The second-order valence-corrected chi connectivity index (χ2v) is 1.87. The molecule has 0 unspecified atom stereocenters. The number of hydrogen-bond acceptors (Lipinski definition) is 4. The molecule has 0 aliphatic heterocycles. The van der Waals surface area contributed by atoms with Crippen LogP contribution >= 0.6 is 0 Å². The Kier molecular flexibility index (Phi) is 11.5. The first-order valence-corrected chi connectivity index (χ1v) is 3.96. The molecule has 0 bridgehead atoms. The Hall–Kier alpha value is -0.900. The molecule has 0 atom stereocenters. The number of aliphatic hydroxyl groups is 1. The van der Waals surface area contributed by atoms with Crippen LogP contribution in [0.15, 0.2) is 0 Å². The molecule has 0 heterocycles. The number of carbonyl (C=O) groups is 2. The molecule has 0 radical (unpaired) electrons. The van der Waals surface area contributed by atoms with E-state index in [0.717, 1.165) is 0 Å². The third-order valence-electron chi connectivity index (χ3n) is 0.805. The van der Waals surface area contributed by atoms with Crippen molar-refractivity contribution in [1.82, 2.24) is 0 Å². The number of ether oxygens (including phenoxy) is 1. The lowest BCUT2D eigenvalue weighted by atomic mass is 10.5. The van der Waals surface area contributed by atoms with Crippen LogP contribution in [-0.4, -0.2) is 23.7 Å². The number of aliphatic hydroxyl groups excluding tert-OH is 1. The largest absolute Gasteiger partial charge is 0.397 e. The number of carbonyl (C=O) groups excluding carboxylic acids is 2.